The van der Waals surface area contributed by atoms with Gasteiger partial charge < -0.3 is 20.3 Å². The number of rotatable bonds is 10. The smallest absolute Gasteiger partial charge is 0.408 e. The molecule has 0 fully saturated rings. The Bertz CT molecular complexity index is 1130. The second-order valence-corrected chi connectivity index (χ2v) is 11.2. The molecule has 0 aliphatic carbocycles. The van der Waals surface area contributed by atoms with Crippen molar-refractivity contribution in [2.75, 3.05) is 17.6 Å². The van der Waals surface area contributed by atoms with Gasteiger partial charge in [0.2, 0.25) is 5.91 Å². The summed E-state index contributed by atoms with van der Waals surface area (Å²) in [5.74, 6) is -0.783. The van der Waals surface area contributed by atoms with E-state index < -0.39 is 35.6 Å². The van der Waals surface area contributed by atoms with Crippen molar-refractivity contribution in [2.45, 2.75) is 79.0 Å². The lowest BCUT2D eigenvalue weighted by molar-refractivity contribution is -0.140. The predicted octanol–water partition coefficient (Wildman–Crippen LogP) is 6.40. The molecule has 7 nitrogen and oxygen atoms in total. The van der Waals surface area contributed by atoms with E-state index in [1.54, 1.807) is 26.8 Å². The molecule has 0 saturated carbocycles. The third kappa shape index (κ3) is 8.67. The third-order valence-corrected chi connectivity index (χ3v) is 6.64. The van der Waals surface area contributed by atoms with Crippen molar-refractivity contribution in [3.63, 3.8) is 0 Å². The molecule has 2 N–H and O–H groups in total. The molecule has 2 aromatic carbocycles. The Morgan fingerprint density at radius 1 is 1.08 bits per heavy atom. The number of hydrogen-bond acceptors (Lipinski definition) is 5. The van der Waals surface area contributed by atoms with E-state index in [0.29, 0.717) is 29.2 Å². The zero-order valence-corrected chi connectivity index (χ0v) is 25.0. The molecular formula is C29H40ClN3O4S. The van der Waals surface area contributed by atoms with Crippen LogP contribution in [0.4, 0.5) is 10.5 Å². The van der Waals surface area contributed by atoms with Crippen molar-refractivity contribution in [1.29, 1.82) is 0 Å². The number of thiol groups is 1. The molecule has 2 rings (SSSR count). The summed E-state index contributed by atoms with van der Waals surface area (Å²) in [5.41, 5.74) is 3.17. The topological polar surface area (TPSA) is 87.7 Å². The fraction of sp³-hybridized carbons (Fsp3) is 0.483. The molecule has 0 spiro atoms. The van der Waals surface area contributed by atoms with Crippen LogP contribution in [-0.4, -0.2) is 46.7 Å². The molecule has 2 unspecified atom stereocenters. The predicted molar refractivity (Wildman–Crippen MR) is 157 cm³/mol. The maximum Gasteiger partial charge on any atom is 0.408 e. The van der Waals surface area contributed by atoms with E-state index in [4.69, 9.17) is 16.3 Å². The minimum absolute atomic E-state index is 0.0333. The first-order chi connectivity index (χ1) is 17.8. The first-order valence-corrected chi connectivity index (χ1v) is 13.8. The van der Waals surface area contributed by atoms with Crippen molar-refractivity contribution < 1.29 is 19.1 Å². The number of ether oxygens (including phenoxy) is 1. The molecule has 0 saturated heterocycles. The molecule has 0 heterocycles. The summed E-state index contributed by atoms with van der Waals surface area (Å²) < 4.78 is 5.36. The molecular weight excluding hydrogens is 522 g/mol. The average Bonchev–Trinajstić information content (AvgIpc) is 2.81. The molecule has 3 amide bonds. The summed E-state index contributed by atoms with van der Waals surface area (Å²) in [7, 11) is 0. The van der Waals surface area contributed by atoms with Gasteiger partial charge in [-0.25, -0.2) is 4.79 Å². The van der Waals surface area contributed by atoms with Gasteiger partial charge in [-0.1, -0.05) is 60.8 Å². The zero-order chi connectivity index (χ0) is 28.6. The van der Waals surface area contributed by atoms with Crippen LogP contribution in [0.5, 0.6) is 0 Å². The molecule has 2 aromatic rings. The van der Waals surface area contributed by atoms with Crippen molar-refractivity contribution in [2.24, 2.45) is 0 Å². The highest BCUT2D eigenvalue weighted by atomic mass is 35.5. The first-order valence-electron chi connectivity index (χ1n) is 12.8. The third-order valence-electron chi connectivity index (χ3n) is 5.96. The Hall–Kier alpha value is -2.71. The van der Waals surface area contributed by atoms with Crippen molar-refractivity contribution in [3.05, 3.63) is 63.7 Å². The lowest BCUT2D eigenvalue weighted by atomic mass is 9.96. The number of nitrogens with one attached hydrogen (secondary N) is 2. The van der Waals surface area contributed by atoms with Crippen LogP contribution < -0.4 is 10.6 Å². The number of carbonyl (C=O) groups excluding carboxylic acids is 3. The quantitative estimate of drug-likeness (QED) is 0.293. The second kappa shape index (κ2) is 13.9. The Balaban J connectivity index is 2.56. The van der Waals surface area contributed by atoms with Gasteiger partial charge in [-0.2, -0.15) is 12.6 Å². The number of amides is 3. The molecule has 2 atom stereocenters. The molecule has 0 aromatic heterocycles. The zero-order valence-electron chi connectivity index (χ0n) is 23.4. The average molecular weight is 562 g/mol. The highest BCUT2D eigenvalue weighted by Crippen LogP contribution is 2.31. The molecule has 0 aliphatic rings. The number of halogens is 1. The van der Waals surface area contributed by atoms with Gasteiger partial charge in [-0.15, -0.1) is 0 Å². The van der Waals surface area contributed by atoms with Crippen LogP contribution in [0.1, 0.15) is 68.8 Å². The lowest BCUT2D eigenvalue weighted by Crippen LogP contribution is -2.53. The number of nitrogens with zero attached hydrogens (tertiary/aromatic N) is 1. The summed E-state index contributed by atoms with van der Waals surface area (Å²) >= 11 is 10.8. The number of aryl methyl sites for hydroxylation is 3. The maximum atomic E-state index is 14.0. The van der Waals surface area contributed by atoms with E-state index >= 15 is 0 Å². The van der Waals surface area contributed by atoms with Crippen molar-refractivity contribution in [1.82, 2.24) is 10.2 Å². The number of benzene rings is 2. The van der Waals surface area contributed by atoms with E-state index in [9.17, 15) is 14.4 Å². The number of alkyl carbamates (subject to hydrolysis) is 1. The largest absolute Gasteiger partial charge is 0.444 e. The Morgan fingerprint density at radius 3 is 2.32 bits per heavy atom. The molecule has 38 heavy (non-hydrogen) atoms. The van der Waals surface area contributed by atoms with Crippen LogP contribution in [0.3, 0.4) is 0 Å². The number of hydrogen-bond donors (Lipinski definition) is 3. The van der Waals surface area contributed by atoms with Gasteiger partial charge >= 0.3 is 6.09 Å². The van der Waals surface area contributed by atoms with Crippen molar-refractivity contribution in [3.8, 4) is 0 Å². The van der Waals surface area contributed by atoms with E-state index in [1.165, 1.54) is 4.90 Å². The normalized spacial score (nSPS) is 12.9. The highest BCUT2D eigenvalue weighted by molar-refractivity contribution is 7.80. The monoisotopic (exact) mass is 561 g/mol. The molecule has 9 heteroatoms. The van der Waals surface area contributed by atoms with Gasteiger partial charge in [0, 0.05) is 12.3 Å². The second-order valence-electron chi connectivity index (χ2n) is 10.5. The van der Waals surface area contributed by atoms with Gasteiger partial charge in [0.25, 0.3) is 5.91 Å². The Labute approximate surface area is 237 Å². The van der Waals surface area contributed by atoms with Gasteiger partial charge in [-0.05, 0) is 70.7 Å². The lowest BCUT2D eigenvalue weighted by Gasteiger charge is -2.35. The fourth-order valence-electron chi connectivity index (χ4n) is 4.10. The van der Waals surface area contributed by atoms with Crippen LogP contribution in [0, 0.1) is 20.8 Å². The number of anilines is 1. The summed E-state index contributed by atoms with van der Waals surface area (Å²) in [6.07, 6.45) is 0.747. The Kier molecular flexibility index (Phi) is 11.5. The van der Waals surface area contributed by atoms with Crippen LogP contribution in [0.15, 0.2) is 36.4 Å². The van der Waals surface area contributed by atoms with Gasteiger partial charge in [0.05, 0.1) is 10.7 Å². The Morgan fingerprint density at radius 2 is 1.76 bits per heavy atom. The first kappa shape index (κ1) is 31.5. The van der Waals surface area contributed by atoms with Crippen molar-refractivity contribution >= 4 is 47.8 Å². The van der Waals surface area contributed by atoms with E-state index in [-0.39, 0.29) is 5.75 Å². The molecule has 208 valence electrons. The van der Waals surface area contributed by atoms with Crippen LogP contribution in [0.25, 0.3) is 0 Å². The number of para-hydroxylation sites is 1. The standard InChI is InChI=1S/C29H40ClN3O4S/c1-8-9-15-33(27(35)23(17-38)31-28(36)37-29(5,6)7)25(21-14-13-18(2)16-20(21)4)26(34)32-24-19(3)11-10-12-22(24)30/h10-14,16,23,25,38H,8-9,15,17H2,1-7H3,(H,31,36)(H,32,34). The summed E-state index contributed by atoms with van der Waals surface area (Å²) in [5, 5.41) is 6.01. The van der Waals surface area contributed by atoms with Crippen LogP contribution >= 0.6 is 24.2 Å². The van der Waals surface area contributed by atoms with Gasteiger partial charge in [-0.3, -0.25) is 9.59 Å². The van der Waals surface area contributed by atoms with Crippen LogP contribution in [-0.2, 0) is 14.3 Å². The maximum absolute atomic E-state index is 14.0. The SMILES string of the molecule is CCCCN(C(=O)C(CS)NC(=O)OC(C)(C)C)C(C(=O)Nc1c(C)cccc1Cl)c1ccc(C)cc1C. The summed E-state index contributed by atoms with van der Waals surface area (Å²) in [4.78, 5) is 42.0. The van der Waals surface area contributed by atoms with E-state index in [2.05, 4.69) is 23.3 Å². The van der Waals surface area contributed by atoms with Gasteiger partial charge in [0.1, 0.15) is 17.7 Å². The minimum Gasteiger partial charge on any atom is -0.444 e. The molecule has 0 bridgehead atoms. The minimum atomic E-state index is -0.992. The molecule has 0 aliphatic heterocycles. The summed E-state index contributed by atoms with van der Waals surface area (Å²) in [6.45, 7) is 13.3. The van der Waals surface area contributed by atoms with E-state index in [0.717, 1.165) is 23.1 Å². The van der Waals surface area contributed by atoms with Crippen LogP contribution in [0.2, 0.25) is 5.02 Å². The molecule has 0 radical (unpaired) electrons. The number of unbranched alkanes of at least 4 members (excludes halogenated alkanes) is 1. The van der Waals surface area contributed by atoms with Gasteiger partial charge in [0.15, 0.2) is 0 Å². The van der Waals surface area contributed by atoms with E-state index in [1.807, 2.05) is 58.0 Å². The number of carbonyl (C=O) groups is 3. The highest BCUT2D eigenvalue weighted by Gasteiger charge is 2.36. The summed E-state index contributed by atoms with van der Waals surface area (Å²) in [6, 6.07) is 9.19. The fourth-order valence-corrected chi connectivity index (χ4v) is 4.61.